The molecule has 2 aromatic rings. The van der Waals surface area contributed by atoms with Gasteiger partial charge in [-0.25, -0.2) is 4.39 Å². The summed E-state index contributed by atoms with van der Waals surface area (Å²) < 4.78 is 19.2. The van der Waals surface area contributed by atoms with Gasteiger partial charge in [-0.15, -0.1) is 0 Å². The van der Waals surface area contributed by atoms with Crippen LogP contribution in [-0.2, 0) is 11.3 Å². The second-order valence-corrected chi connectivity index (χ2v) is 7.97. The zero-order valence-corrected chi connectivity index (χ0v) is 17.7. The number of rotatable bonds is 7. The number of piperidine rings is 1. The fraction of sp³-hybridized carbons (Fsp3) is 0.435. The average Bonchev–Trinajstić information content (AvgIpc) is 2.74. The number of nitrogens with one attached hydrogen (secondary N) is 1. The molecule has 29 heavy (non-hydrogen) atoms. The summed E-state index contributed by atoms with van der Waals surface area (Å²) in [7, 11) is 1.64. The Kier molecular flexibility index (Phi) is 7.51. The summed E-state index contributed by atoms with van der Waals surface area (Å²) in [6, 6.07) is 12.6. The molecule has 6 heteroatoms. The molecular weight excluding hydrogens is 391 g/mol. The molecule has 3 rings (SSSR count). The van der Waals surface area contributed by atoms with Crippen LogP contribution in [0.4, 0.5) is 4.39 Å². The molecule has 0 aliphatic carbocycles. The number of halogens is 2. The molecule has 1 saturated heterocycles. The van der Waals surface area contributed by atoms with E-state index in [1.807, 2.05) is 24.3 Å². The molecule has 0 saturated carbocycles. The van der Waals surface area contributed by atoms with E-state index in [9.17, 15) is 9.18 Å². The predicted molar refractivity (Wildman–Crippen MR) is 114 cm³/mol. The quantitative estimate of drug-likeness (QED) is 0.690. The second kappa shape index (κ2) is 10.1. The van der Waals surface area contributed by atoms with Gasteiger partial charge in [0.1, 0.15) is 11.6 Å². The Bertz CT molecular complexity index is 820. The molecule has 0 unspecified atom stereocenters. The van der Waals surface area contributed by atoms with Crippen molar-refractivity contribution in [3.63, 3.8) is 0 Å². The van der Waals surface area contributed by atoms with Gasteiger partial charge in [0.2, 0.25) is 5.91 Å². The summed E-state index contributed by atoms with van der Waals surface area (Å²) in [5, 5.41) is 3.60. The van der Waals surface area contributed by atoms with Crippen molar-refractivity contribution in [2.75, 3.05) is 20.2 Å². The summed E-state index contributed by atoms with van der Waals surface area (Å²) in [6.07, 6.45) is 2.38. The highest BCUT2D eigenvalue weighted by molar-refractivity contribution is 6.30. The van der Waals surface area contributed by atoms with Gasteiger partial charge in [-0.2, -0.15) is 0 Å². The molecule has 1 N–H and O–H groups in total. The Morgan fingerprint density at radius 2 is 1.93 bits per heavy atom. The molecule has 0 aromatic heterocycles. The van der Waals surface area contributed by atoms with Crippen LogP contribution in [0.5, 0.6) is 5.75 Å². The number of benzene rings is 2. The zero-order valence-electron chi connectivity index (χ0n) is 17.0. The summed E-state index contributed by atoms with van der Waals surface area (Å²) in [6.45, 7) is 4.16. The maximum atomic E-state index is 14.0. The zero-order chi connectivity index (χ0) is 20.8. The van der Waals surface area contributed by atoms with E-state index in [0.717, 1.165) is 43.7 Å². The number of amides is 1. The first-order chi connectivity index (χ1) is 14.0. The van der Waals surface area contributed by atoms with Crippen LogP contribution in [0.2, 0.25) is 5.02 Å². The molecule has 0 spiro atoms. The molecule has 1 heterocycles. The van der Waals surface area contributed by atoms with E-state index >= 15 is 0 Å². The van der Waals surface area contributed by atoms with Gasteiger partial charge in [0, 0.05) is 23.0 Å². The summed E-state index contributed by atoms with van der Waals surface area (Å²) in [5.74, 6) is 0.626. The minimum Gasteiger partial charge on any atom is -0.497 e. The minimum atomic E-state index is -0.275. The van der Waals surface area contributed by atoms with Gasteiger partial charge in [-0.05, 0) is 62.2 Å². The van der Waals surface area contributed by atoms with Gasteiger partial charge in [0.05, 0.1) is 13.2 Å². The normalized spacial score (nSPS) is 16.4. The van der Waals surface area contributed by atoms with E-state index in [-0.39, 0.29) is 23.7 Å². The smallest absolute Gasteiger partial charge is 0.223 e. The summed E-state index contributed by atoms with van der Waals surface area (Å²) in [4.78, 5) is 15.0. The largest absolute Gasteiger partial charge is 0.497 e. The molecule has 4 nitrogen and oxygen atoms in total. The maximum Gasteiger partial charge on any atom is 0.223 e. The molecule has 2 aromatic carbocycles. The van der Waals surface area contributed by atoms with Crippen LogP contribution in [0, 0.1) is 11.7 Å². The van der Waals surface area contributed by atoms with E-state index in [2.05, 4.69) is 17.1 Å². The van der Waals surface area contributed by atoms with E-state index in [4.69, 9.17) is 16.3 Å². The summed E-state index contributed by atoms with van der Waals surface area (Å²) >= 11 is 5.82. The van der Waals surface area contributed by atoms with Crippen molar-refractivity contribution in [2.45, 2.75) is 38.8 Å². The minimum absolute atomic E-state index is 0.00500. The number of methoxy groups -OCH3 is 1. The Balaban J connectivity index is 1.52. The van der Waals surface area contributed by atoms with Gasteiger partial charge >= 0.3 is 0 Å². The predicted octanol–water partition coefficient (Wildman–Crippen LogP) is 4.97. The van der Waals surface area contributed by atoms with Gasteiger partial charge in [-0.3, -0.25) is 9.69 Å². The van der Waals surface area contributed by atoms with Crippen LogP contribution >= 0.6 is 11.6 Å². The first-order valence-electron chi connectivity index (χ1n) is 10.1. The lowest BCUT2D eigenvalue weighted by Gasteiger charge is -2.32. The highest BCUT2D eigenvalue weighted by Gasteiger charge is 2.27. The van der Waals surface area contributed by atoms with Crippen LogP contribution in [0.1, 0.15) is 43.4 Å². The van der Waals surface area contributed by atoms with E-state index in [1.165, 1.54) is 6.07 Å². The number of carbonyl (C=O) groups excluding carboxylic acids is 1. The van der Waals surface area contributed by atoms with Crippen molar-refractivity contribution in [1.29, 1.82) is 0 Å². The number of hydrogen-bond donors (Lipinski definition) is 1. The van der Waals surface area contributed by atoms with E-state index in [1.54, 1.807) is 19.2 Å². The molecule has 0 bridgehead atoms. The first-order valence-corrected chi connectivity index (χ1v) is 10.5. The number of likely N-dealkylation sites (tertiary alicyclic amines) is 1. The van der Waals surface area contributed by atoms with Gasteiger partial charge < -0.3 is 10.1 Å². The SMILES string of the molecule is CC[C@@H](NC(=O)C1CCN(Cc2ccc(Cl)cc2F)CC1)c1ccc(OC)cc1. The average molecular weight is 419 g/mol. The molecule has 156 valence electrons. The number of hydrogen-bond acceptors (Lipinski definition) is 3. The Hall–Kier alpha value is -2.11. The molecular formula is C23H28ClFN2O2. The van der Waals surface area contributed by atoms with Crippen molar-refractivity contribution in [3.05, 3.63) is 64.4 Å². The molecule has 1 atom stereocenters. The Labute approximate surface area is 177 Å². The molecule has 1 fully saturated rings. The fourth-order valence-corrected chi connectivity index (χ4v) is 3.95. The lowest BCUT2D eigenvalue weighted by molar-refractivity contribution is -0.127. The topological polar surface area (TPSA) is 41.6 Å². The molecule has 0 radical (unpaired) electrons. The van der Waals surface area contributed by atoms with Crippen molar-refractivity contribution in [2.24, 2.45) is 5.92 Å². The molecule has 1 amide bonds. The van der Waals surface area contributed by atoms with Gasteiger partial charge in [0.15, 0.2) is 0 Å². The Morgan fingerprint density at radius 1 is 1.24 bits per heavy atom. The van der Waals surface area contributed by atoms with Gasteiger partial charge in [0.25, 0.3) is 0 Å². The second-order valence-electron chi connectivity index (χ2n) is 7.53. The highest BCUT2D eigenvalue weighted by Crippen LogP contribution is 2.24. The molecule has 1 aliphatic heterocycles. The molecule has 1 aliphatic rings. The fourth-order valence-electron chi connectivity index (χ4n) is 3.79. The maximum absolute atomic E-state index is 14.0. The number of carbonyl (C=O) groups is 1. The van der Waals surface area contributed by atoms with Crippen LogP contribution in [-0.4, -0.2) is 31.0 Å². The van der Waals surface area contributed by atoms with Crippen LogP contribution in [0.15, 0.2) is 42.5 Å². The third kappa shape index (κ3) is 5.71. The Morgan fingerprint density at radius 3 is 2.52 bits per heavy atom. The van der Waals surface area contributed by atoms with Crippen molar-refractivity contribution < 1.29 is 13.9 Å². The number of nitrogens with zero attached hydrogens (tertiary/aromatic N) is 1. The third-order valence-electron chi connectivity index (χ3n) is 5.61. The van der Waals surface area contributed by atoms with Crippen molar-refractivity contribution in [1.82, 2.24) is 10.2 Å². The van der Waals surface area contributed by atoms with Gasteiger partial charge in [-0.1, -0.05) is 36.7 Å². The van der Waals surface area contributed by atoms with Crippen molar-refractivity contribution >= 4 is 17.5 Å². The monoisotopic (exact) mass is 418 g/mol. The summed E-state index contributed by atoms with van der Waals surface area (Å²) in [5.41, 5.74) is 1.72. The lowest BCUT2D eigenvalue weighted by Crippen LogP contribution is -2.41. The standard InChI is InChI=1S/C23H28ClFN2O2/c1-3-22(16-5-8-20(29-2)9-6-16)26-23(28)17-10-12-27(13-11-17)15-18-4-7-19(24)14-21(18)25/h4-9,14,17,22H,3,10-13,15H2,1-2H3,(H,26,28)/t22-/m1/s1. The number of ether oxygens (including phenoxy) is 1. The highest BCUT2D eigenvalue weighted by atomic mass is 35.5. The lowest BCUT2D eigenvalue weighted by atomic mass is 9.94. The van der Waals surface area contributed by atoms with E-state index < -0.39 is 0 Å². The van der Waals surface area contributed by atoms with E-state index in [0.29, 0.717) is 17.1 Å². The van der Waals surface area contributed by atoms with Crippen molar-refractivity contribution in [3.8, 4) is 5.75 Å². The van der Waals surface area contributed by atoms with Crippen LogP contribution < -0.4 is 10.1 Å². The van der Waals surface area contributed by atoms with Crippen LogP contribution in [0.3, 0.4) is 0 Å². The first kappa shape index (κ1) is 21.6. The third-order valence-corrected chi connectivity index (χ3v) is 5.85. The van der Waals surface area contributed by atoms with Crippen LogP contribution in [0.25, 0.3) is 0 Å².